The Morgan fingerprint density at radius 1 is 1.12 bits per heavy atom. The number of hydrogen-bond acceptors (Lipinski definition) is 4. The molecule has 3 heterocycles. The van der Waals surface area contributed by atoms with E-state index in [4.69, 9.17) is 0 Å². The fourth-order valence-electron chi connectivity index (χ4n) is 4.58. The van der Waals surface area contributed by atoms with E-state index in [9.17, 15) is 0 Å². The lowest BCUT2D eigenvalue weighted by Crippen LogP contribution is -2.38. The predicted octanol–water partition coefficient (Wildman–Crippen LogP) is 2.74. The molecule has 2 fully saturated rings. The zero-order chi connectivity index (χ0) is 17.2. The van der Waals surface area contributed by atoms with Gasteiger partial charge in [0.05, 0.1) is 6.54 Å². The summed E-state index contributed by atoms with van der Waals surface area (Å²) in [5.74, 6) is 4.64. The molecule has 0 unspecified atom stereocenters. The topological polar surface area (TPSA) is 51.8 Å². The van der Waals surface area contributed by atoms with E-state index in [1.54, 1.807) is 0 Å². The Labute approximate surface area is 150 Å². The van der Waals surface area contributed by atoms with Crippen LogP contribution in [-0.2, 0) is 13.6 Å². The van der Waals surface area contributed by atoms with Gasteiger partial charge in [-0.25, -0.2) is 4.98 Å². The molecule has 1 saturated heterocycles. The Morgan fingerprint density at radius 2 is 1.96 bits per heavy atom. The highest BCUT2D eigenvalue weighted by atomic mass is 15.3. The van der Waals surface area contributed by atoms with Crippen molar-refractivity contribution in [3.63, 3.8) is 0 Å². The maximum atomic E-state index is 4.57. The highest BCUT2D eigenvalue weighted by molar-refractivity contribution is 5.05. The van der Waals surface area contributed by atoms with Crippen molar-refractivity contribution in [2.45, 2.75) is 57.9 Å². The first-order valence-corrected chi connectivity index (χ1v) is 9.79. The first-order chi connectivity index (χ1) is 12.2. The number of aryl methyl sites for hydroxylation is 1. The quantitative estimate of drug-likeness (QED) is 0.838. The molecule has 1 saturated carbocycles. The molecule has 0 bridgehead atoms. The lowest BCUT2D eigenvalue weighted by Gasteiger charge is -2.33. The second-order valence-corrected chi connectivity index (χ2v) is 7.89. The first kappa shape index (κ1) is 16.8. The standard InChI is InChI=1S/C19H30N6/c1-15-20-9-11-25(15)14-18-21-22-19(23(18)2)17-8-5-10-24(13-17)12-16-6-3-4-7-16/h9,11,16-17H,3-8,10,12-14H2,1-2H3/t17-/m1/s1. The van der Waals surface area contributed by atoms with Gasteiger partial charge in [0.1, 0.15) is 11.6 Å². The number of likely N-dealkylation sites (tertiary alicyclic amines) is 1. The van der Waals surface area contributed by atoms with Crippen molar-refractivity contribution < 1.29 is 0 Å². The molecular weight excluding hydrogens is 312 g/mol. The lowest BCUT2D eigenvalue weighted by atomic mass is 9.95. The average Bonchev–Trinajstić information content (AvgIpc) is 3.33. The molecule has 2 aromatic rings. The number of nitrogens with zero attached hydrogens (tertiary/aromatic N) is 6. The van der Waals surface area contributed by atoms with E-state index in [-0.39, 0.29) is 0 Å². The van der Waals surface area contributed by atoms with Crippen LogP contribution in [0.15, 0.2) is 12.4 Å². The predicted molar refractivity (Wildman–Crippen MR) is 97.4 cm³/mol. The SMILES string of the molecule is Cc1nccn1Cc1nnc([C@@H]2CCCN(CC3CCCC3)C2)n1C. The summed E-state index contributed by atoms with van der Waals surface area (Å²) >= 11 is 0. The summed E-state index contributed by atoms with van der Waals surface area (Å²) in [4.78, 5) is 6.98. The van der Waals surface area contributed by atoms with Gasteiger partial charge >= 0.3 is 0 Å². The van der Waals surface area contributed by atoms with Gasteiger partial charge in [-0.15, -0.1) is 10.2 Å². The van der Waals surface area contributed by atoms with Crippen molar-refractivity contribution in [3.8, 4) is 0 Å². The van der Waals surface area contributed by atoms with E-state index in [2.05, 4.69) is 36.3 Å². The molecule has 1 atom stereocenters. The third-order valence-corrected chi connectivity index (χ3v) is 6.10. The van der Waals surface area contributed by atoms with E-state index in [1.807, 2.05) is 19.3 Å². The molecule has 2 aromatic heterocycles. The maximum Gasteiger partial charge on any atom is 0.152 e. The van der Waals surface area contributed by atoms with E-state index in [1.165, 1.54) is 51.6 Å². The fraction of sp³-hybridized carbons (Fsp3) is 0.737. The molecule has 6 nitrogen and oxygen atoms in total. The molecule has 2 aliphatic rings. The van der Waals surface area contributed by atoms with Crippen LogP contribution in [0.3, 0.4) is 0 Å². The van der Waals surface area contributed by atoms with Crippen LogP contribution in [0.25, 0.3) is 0 Å². The summed E-state index contributed by atoms with van der Waals surface area (Å²) in [5.41, 5.74) is 0. The second-order valence-electron chi connectivity index (χ2n) is 7.89. The van der Waals surface area contributed by atoms with Crippen LogP contribution in [0.2, 0.25) is 0 Å². The Morgan fingerprint density at radius 3 is 2.72 bits per heavy atom. The molecule has 0 radical (unpaired) electrons. The zero-order valence-corrected chi connectivity index (χ0v) is 15.6. The van der Waals surface area contributed by atoms with Crippen LogP contribution in [0.4, 0.5) is 0 Å². The Kier molecular flexibility index (Phi) is 4.88. The summed E-state index contributed by atoms with van der Waals surface area (Å²) in [6.07, 6.45) is 12.1. The van der Waals surface area contributed by atoms with Crippen LogP contribution >= 0.6 is 0 Å². The molecule has 4 rings (SSSR count). The molecule has 0 amide bonds. The van der Waals surface area contributed by atoms with Gasteiger partial charge in [-0.3, -0.25) is 0 Å². The summed E-state index contributed by atoms with van der Waals surface area (Å²) < 4.78 is 4.34. The van der Waals surface area contributed by atoms with Gasteiger partial charge in [0.2, 0.25) is 0 Å². The van der Waals surface area contributed by atoms with E-state index >= 15 is 0 Å². The first-order valence-electron chi connectivity index (χ1n) is 9.79. The van der Waals surface area contributed by atoms with Crippen molar-refractivity contribution >= 4 is 0 Å². The van der Waals surface area contributed by atoms with Crippen molar-refractivity contribution in [2.24, 2.45) is 13.0 Å². The zero-order valence-electron chi connectivity index (χ0n) is 15.6. The number of aromatic nitrogens is 5. The second kappa shape index (κ2) is 7.28. The molecule has 1 aliphatic heterocycles. The van der Waals surface area contributed by atoms with Gasteiger partial charge in [-0.2, -0.15) is 0 Å². The molecule has 0 N–H and O–H groups in total. The van der Waals surface area contributed by atoms with Gasteiger partial charge in [0, 0.05) is 38.4 Å². The minimum atomic E-state index is 0.519. The molecule has 0 spiro atoms. The summed E-state index contributed by atoms with van der Waals surface area (Å²) in [5, 5.41) is 9.05. The number of hydrogen-bond donors (Lipinski definition) is 0. The van der Waals surface area contributed by atoms with Gasteiger partial charge in [-0.05, 0) is 45.1 Å². The van der Waals surface area contributed by atoms with Crippen LogP contribution in [-0.4, -0.2) is 48.8 Å². The van der Waals surface area contributed by atoms with E-state index < -0.39 is 0 Å². The van der Waals surface area contributed by atoms with E-state index in [0.29, 0.717) is 5.92 Å². The third kappa shape index (κ3) is 3.64. The number of rotatable bonds is 5. The van der Waals surface area contributed by atoms with Gasteiger partial charge in [0.15, 0.2) is 5.82 Å². The molecular formula is C19H30N6. The van der Waals surface area contributed by atoms with Gasteiger partial charge in [0.25, 0.3) is 0 Å². The highest BCUT2D eigenvalue weighted by Crippen LogP contribution is 2.30. The minimum absolute atomic E-state index is 0.519. The Bertz CT molecular complexity index is 697. The monoisotopic (exact) mass is 342 g/mol. The summed E-state index contributed by atoms with van der Waals surface area (Å²) in [6.45, 7) is 6.46. The third-order valence-electron chi connectivity index (χ3n) is 6.10. The van der Waals surface area contributed by atoms with Crippen molar-refractivity contribution in [1.29, 1.82) is 0 Å². The van der Waals surface area contributed by atoms with Crippen LogP contribution in [0.1, 0.15) is 61.9 Å². The van der Waals surface area contributed by atoms with Crippen molar-refractivity contribution in [1.82, 2.24) is 29.2 Å². The van der Waals surface area contributed by atoms with Crippen LogP contribution in [0.5, 0.6) is 0 Å². The van der Waals surface area contributed by atoms with Gasteiger partial charge in [-0.1, -0.05) is 12.8 Å². The molecule has 1 aliphatic carbocycles. The highest BCUT2D eigenvalue weighted by Gasteiger charge is 2.28. The normalized spacial score (nSPS) is 22.7. The number of piperidine rings is 1. The molecule has 0 aromatic carbocycles. The molecule has 6 heteroatoms. The largest absolute Gasteiger partial charge is 0.328 e. The van der Waals surface area contributed by atoms with Crippen molar-refractivity contribution in [2.75, 3.05) is 19.6 Å². The van der Waals surface area contributed by atoms with Crippen molar-refractivity contribution in [3.05, 3.63) is 29.9 Å². The Hall–Kier alpha value is -1.69. The van der Waals surface area contributed by atoms with Crippen LogP contribution in [0, 0.1) is 12.8 Å². The smallest absolute Gasteiger partial charge is 0.152 e. The Balaban J connectivity index is 1.43. The lowest BCUT2D eigenvalue weighted by molar-refractivity contribution is 0.175. The van der Waals surface area contributed by atoms with E-state index in [0.717, 1.165) is 36.5 Å². The summed E-state index contributed by atoms with van der Waals surface area (Å²) in [6, 6.07) is 0. The maximum absolute atomic E-state index is 4.57. The van der Waals surface area contributed by atoms with Crippen LogP contribution < -0.4 is 0 Å². The average molecular weight is 342 g/mol. The fourth-order valence-corrected chi connectivity index (χ4v) is 4.58. The molecule has 25 heavy (non-hydrogen) atoms. The number of imidazole rings is 1. The minimum Gasteiger partial charge on any atom is -0.328 e. The molecule has 136 valence electrons. The summed E-state index contributed by atoms with van der Waals surface area (Å²) in [7, 11) is 2.12. The van der Waals surface area contributed by atoms with Gasteiger partial charge < -0.3 is 14.0 Å².